The van der Waals surface area contributed by atoms with Crippen molar-refractivity contribution in [2.75, 3.05) is 31.6 Å². The quantitative estimate of drug-likeness (QED) is 0.697. The van der Waals surface area contributed by atoms with Gasteiger partial charge in [-0.3, -0.25) is 0 Å². The summed E-state index contributed by atoms with van der Waals surface area (Å²) in [6.07, 6.45) is 6.64. The maximum atomic E-state index is 5.51. The maximum Gasteiger partial charge on any atom is 0.138 e. The van der Waals surface area contributed by atoms with Crippen LogP contribution >= 0.6 is 11.3 Å². The Kier molecular flexibility index (Phi) is 5.25. The standard InChI is InChI=1S/C22H26N4OS/c1-2-6-17(14-26-9-11-27-12-10-26)16(5-1)13-23-21-20-18-7-3-4-8-19(18)28-22(20)25-15-24-21/h1-2,5-6,15H,3-4,7-14H2,(H,23,24,25)/p+1. The highest BCUT2D eigenvalue weighted by atomic mass is 32.1. The minimum absolute atomic E-state index is 0.802. The lowest BCUT2D eigenvalue weighted by molar-refractivity contribution is -0.921. The van der Waals surface area contributed by atoms with Gasteiger partial charge in [-0.2, -0.15) is 0 Å². The van der Waals surface area contributed by atoms with Gasteiger partial charge in [-0.1, -0.05) is 24.3 Å². The van der Waals surface area contributed by atoms with E-state index in [0.717, 1.165) is 56.5 Å². The molecule has 0 radical (unpaired) electrons. The summed E-state index contributed by atoms with van der Waals surface area (Å²) in [4.78, 5) is 13.4. The third-order valence-corrected chi connectivity index (χ3v) is 7.16. The van der Waals surface area contributed by atoms with E-state index >= 15 is 0 Å². The first-order chi connectivity index (χ1) is 13.9. The van der Waals surface area contributed by atoms with Crippen LogP contribution in [0.4, 0.5) is 5.82 Å². The summed E-state index contributed by atoms with van der Waals surface area (Å²) in [6.45, 7) is 5.80. The van der Waals surface area contributed by atoms with Gasteiger partial charge in [0.25, 0.3) is 0 Å². The Labute approximate surface area is 169 Å². The first kappa shape index (κ1) is 18.0. The molecular weight excluding hydrogens is 368 g/mol. The number of rotatable bonds is 5. The number of aromatic nitrogens is 2. The molecule has 1 aliphatic carbocycles. The molecule has 0 saturated carbocycles. The number of quaternary nitrogens is 1. The summed E-state index contributed by atoms with van der Waals surface area (Å²) < 4.78 is 5.51. The number of benzene rings is 1. The van der Waals surface area contributed by atoms with E-state index in [1.807, 2.05) is 11.3 Å². The summed E-state index contributed by atoms with van der Waals surface area (Å²) in [7, 11) is 0. The molecule has 2 N–H and O–H groups in total. The highest BCUT2D eigenvalue weighted by Crippen LogP contribution is 2.38. The molecule has 2 aliphatic rings. The van der Waals surface area contributed by atoms with Crippen LogP contribution < -0.4 is 10.2 Å². The van der Waals surface area contributed by atoms with Crippen molar-refractivity contribution >= 4 is 27.4 Å². The van der Waals surface area contributed by atoms with Gasteiger partial charge in [0, 0.05) is 17.0 Å². The Morgan fingerprint density at radius 3 is 2.75 bits per heavy atom. The molecule has 5 nitrogen and oxygen atoms in total. The molecule has 0 unspecified atom stereocenters. The Morgan fingerprint density at radius 1 is 1.04 bits per heavy atom. The fourth-order valence-electron chi connectivity index (χ4n) is 4.41. The average molecular weight is 396 g/mol. The number of fused-ring (bicyclic) bond motifs is 3. The number of thiophene rings is 1. The predicted octanol–water partition coefficient (Wildman–Crippen LogP) is 2.60. The van der Waals surface area contributed by atoms with Crippen LogP contribution in [0.15, 0.2) is 30.6 Å². The largest absolute Gasteiger partial charge is 0.370 e. The number of nitrogens with zero attached hydrogens (tertiary/aromatic N) is 2. The molecule has 5 rings (SSSR count). The van der Waals surface area contributed by atoms with Gasteiger partial charge in [0.2, 0.25) is 0 Å². The Morgan fingerprint density at radius 2 is 1.86 bits per heavy atom. The third-order valence-electron chi connectivity index (χ3n) is 5.96. The Bertz CT molecular complexity index is 964. The zero-order valence-corrected chi connectivity index (χ0v) is 17.0. The molecule has 3 heterocycles. The predicted molar refractivity (Wildman–Crippen MR) is 113 cm³/mol. The molecule has 1 aliphatic heterocycles. The van der Waals surface area contributed by atoms with E-state index in [1.54, 1.807) is 11.2 Å². The van der Waals surface area contributed by atoms with Crippen LogP contribution in [0.25, 0.3) is 10.2 Å². The second-order valence-electron chi connectivity index (χ2n) is 7.77. The molecule has 28 heavy (non-hydrogen) atoms. The zero-order chi connectivity index (χ0) is 18.8. The summed E-state index contributed by atoms with van der Waals surface area (Å²) in [6, 6.07) is 8.79. The molecule has 6 heteroatoms. The molecule has 3 aromatic rings. The minimum Gasteiger partial charge on any atom is -0.370 e. The molecule has 146 valence electrons. The number of anilines is 1. The molecule has 0 bridgehead atoms. The van der Waals surface area contributed by atoms with Gasteiger partial charge in [0.15, 0.2) is 0 Å². The van der Waals surface area contributed by atoms with Crippen molar-refractivity contribution in [1.82, 2.24) is 9.97 Å². The molecule has 0 amide bonds. The van der Waals surface area contributed by atoms with Crippen molar-refractivity contribution in [2.24, 2.45) is 0 Å². The molecular formula is C22H27N4OS+. The van der Waals surface area contributed by atoms with E-state index in [0.29, 0.717) is 0 Å². The first-order valence-electron chi connectivity index (χ1n) is 10.4. The molecule has 1 aromatic carbocycles. The average Bonchev–Trinajstić information content (AvgIpc) is 3.13. The van der Waals surface area contributed by atoms with Gasteiger partial charge < -0.3 is 15.0 Å². The van der Waals surface area contributed by atoms with Crippen molar-refractivity contribution in [3.05, 3.63) is 52.2 Å². The second kappa shape index (κ2) is 8.15. The van der Waals surface area contributed by atoms with Gasteiger partial charge in [0.1, 0.15) is 36.6 Å². The highest BCUT2D eigenvalue weighted by Gasteiger charge is 2.20. The van der Waals surface area contributed by atoms with Gasteiger partial charge in [-0.15, -0.1) is 11.3 Å². The summed E-state index contributed by atoms with van der Waals surface area (Å²) >= 11 is 1.86. The number of hydrogen-bond donors (Lipinski definition) is 2. The van der Waals surface area contributed by atoms with E-state index in [4.69, 9.17) is 4.74 Å². The molecule has 0 spiro atoms. The first-order valence-corrected chi connectivity index (χ1v) is 11.2. The van der Waals surface area contributed by atoms with Crippen LogP contribution in [-0.4, -0.2) is 36.3 Å². The smallest absolute Gasteiger partial charge is 0.138 e. The number of hydrogen-bond acceptors (Lipinski definition) is 5. The van der Waals surface area contributed by atoms with Crippen molar-refractivity contribution < 1.29 is 9.64 Å². The van der Waals surface area contributed by atoms with Crippen LogP contribution in [0.5, 0.6) is 0 Å². The minimum atomic E-state index is 0.802. The van der Waals surface area contributed by atoms with Crippen molar-refractivity contribution in [3.63, 3.8) is 0 Å². The Hall–Kier alpha value is -2.02. The number of nitrogens with one attached hydrogen (secondary N) is 2. The van der Waals surface area contributed by atoms with Gasteiger partial charge in [-0.05, 0) is 36.8 Å². The van der Waals surface area contributed by atoms with Crippen LogP contribution in [0.3, 0.4) is 0 Å². The third kappa shape index (κ3) is 3.64. The lowest BCUT2D eigenvalue weighted by Gasteiger charge is -2.24. The SMILES string of the molecule is c1ccc(C[NH+]2CCOCC2)c(CNc2ncnc3sc4c(c23)CCCC4)c1. The molecule has 2 aromatic heterocycles. The highest BCUT2D eigenvalue weighted by molar-refractivity contribution is 7.19. The summed E-state index contributed by atoms with van der Waals surface area (Å²) in [5.74, 6) is 0.998. The van der Waals surface area contributed by atoms with Gasteiger partial charge in [-0.25, -0.2) is 9.97 Å². The van der Waals surface area contributed by atoms with Crippen molar-refractivity contribution in [2.45, 2.75) is 38.8 Å². The van der Waals surface area contributed by atoms with E-state index in [1.165, 1.54) is 46.2 Å². The van der Waals surface area contributed by atoms with E-state index in [2.05, 4.69) is 39.6 Å². The number of morpholine rings is 1. The fraction of sp³-hybridized carbons (Fsp3) is 0.455. The summed E-state index contributed by atoms with van der Waals surface area (Å²) in [5, 5.41) is 4.90. The molecule has 0 atom stereocenters. The van der Waals surface area contributed by atoms with E-state index in [-0.39, 0.29) is 0 Å². The van der Waals surface area contributed by atoms with Crippen LogP contribution in [-0.2, 0) is 30.7 Å². The van der Waals surface area contributed by atoms with E-state index < -0.39 is 0 Å². The van der Waals surface area contributed by atoms with Crippen LogP contribution in [0.2, 0.25) is 0 Å². The molecule has 1 fully saturated rings. The van der Waals surface area contributed by atoms with Gasteiger partial charge in [0.05, 0.1) is 18.6 Å². The lowest BCUT2D eigenvalue weighted by atomic mass is 9.97. The fourth-order valence-corrected chi connectivity index (χ4v) is 5.64. The molecule has 1 saturated heterocycles. The monoisotopic (exact) mass is 395 g/mol. The maximum absolute atomic E-state index is 5.51. The topological polar surface area (TPSA) is 51.5 Å². The van der Waals surface area contributed by atoms with Crippen LogP contribution in [0, 0.1) is 0 Å². The van der Waals surface area contributed by atoms with Gasteiger partial charge >= 0.3 is 0 Å². The zero-order valence-electron chi connectivity index (χ0n) is 16.2. The summed E-state index contributed by atoms with van der Waals surface area (Å²) in [5.41, 5.74) is 4.27. The van der Waals surface area contributed by atoms with Crippen molar-refractivity contribution in [3.8, 4) is 0 Å². The normalized spacial score (nSPS) is 17.6. The lowest BCUT2D eigenvalue weighted by Crippen LogP contribution is -3.12. The Balaban J connectivity index is 1.37. The van der Waals surface area contributed by atoms with E-state index in [9.17, 15) is 0 Å². The number of ether oxygens (including phenoxy) is 1. The van der Waals surface area contributed by atoms with Crippen molar-refractivity contribution in [1.29, 1.82) is 0 Å². The number of aryl methyl sites for hydroxylation is 2. The second-order valence-corrected chi connectivity index (χ2v) is 8.86. The van der Waals surface area contributed by atoms with Crippen LogP contribution in [0.1, 0.15) is 34.4 Å².